The number of carbonyl (C=O) groups excluding carboxylic acids is 2. The van der Waals surface area contributed by atoms with E-state index in [1.165, 1.54) is 6.21 Å². The lowest BCUT2D eigenvalue weighted by molar-refractivity contribution is -0.126. The third-order valence-corrected chi connectivity index (χ3v) is 4.68. The van der Waals surface area contributed by atoms with Gasteiger partial charge in [0.25, 0.3) is 0 Å². The lowest BCUT2D eigenvalue weighted by Crippen LogP contribution is -2.24. The SMILES string of the molecule is CCCOc1c(I)cc(C=NNC(=O)CC(=O)Nc2ccc(OCC)cc2)cc1OC. The van der Waals surface area contributed by atoms with E-state index in [1.54, 1.807) is 37.4 Å². The van der Waals surface area contributed by atoms with Gasteiger partial charge in [0.1, 0.15) is 12.2 Å². The van der Waals surface area contributed by atoms with Crippen LogP contribution in [0.25, 0.3) is 0 Å². The average Bonchev–Trinajstić information content (AvgIpc) is 2.74. The molecule has 0 bridgehead atoms. The number of rotatable bonds is 11. The summed E-state index contributed by atoms with van der Waals surface area (Å²) in [7, 11) is 1.57. The molecular weight excluding hydrogens is 513 g/mol. The highest BCUT2D eigenvalue weighted by Crippen LogP contribution is 2.33. The second-order valence-corrected chi connectivity index (χ2v) is 7.52. The van der Waals surface area contributed by atoms with Crippen LogP contribution in [0.5, 0.6) is 17.2 Å². The maximum atomic E-state index is 12.0. The molecular formula is C22H26IN3O5. The minimum atomic E-state index is -0.524. The van der Waals surface area contributed by atoms with Crippen molar-refractivity contribution in [1.29, 1.82) is 0 Å². The number of carbonyl (C=O) groups is 2. The van der Waals surface area contributed by atoms with Gasteiger partial charge in [-0.05, 0) is 77.9 Å². The van der Waals surface area contributed by atoms with Gasteiger partial charge in [-0.1, -0.05) is 6.92 Å². The highest BCUT2D eigenvalue weighted by Gasteiger charge is 2.12. The number of ether oxygens (including phenoxy) is 3. The quantitative estimate of drug-likeness (QED) is 0.195. The van der Waals surface area contributed by atoms with Gasteiger partial charge in [-0.25, -0.2) is 5.43 Å². The normalized spacial score (nSPS) is 10.6. The zero-order valence-corrected chi connectivity index (χ0v) is 19.9. The lowest BCUT2D eigenvalue weighted by atomic mass is 10.2. The van der Waals surface area contributed by atoms with Gasteiger partial charge in [0.15, 0.2) is 11.5 Å². The summed E-state index contributed by atoms with van der Waals surface area (Å²) in [6.07, 6.45) is 2.02. The third-order valence-electron chi connectivity index (χ3n) is 3.88. The van der Waals surface area contributed by atoms with E-state index in [9.17, 15) is 9.59 Å². The van der Waals surface area contributed by atoms with Gasteiger partial charge in [-0.3, -0.25) is 9.59 Å². The van der Waals surface area contributed by atoms with E-state index in [0.717, 1.165) is 15.6 Å². The monoisotopic (exact) mass is 539 g/mol. The highest BCUT2D eigenvalue weighted by atomic mass is 127. The zero-order valence-electron chi connectivity index (χ0n) is 17.7. The lowest BCUT2D eigenvalue weighted by Gasteiger charge is -2.12. The van der Waals surface area contributed by atoms with Crippen LogP contribution in [-0.4, -0.2) is 38.4 Å². The molecule has 9 heteroatoms. The Kier molecular flexibility index (Phi) is 10.1. The fourth-order valence-corrected chi connectivity index (χ4v) is 3.31. The first-order valence-electron chi connectivity index (χ1n) is 9.81. The van der Waals surface area contributed by atoms with Crippen LogP contribution in [-0.2, 0) is 9.59 Å². The summed E-state index contributed by atoms with van der Waals surface area (Å²) in [6, 6.07) is 10.5. The molecule has 2 amide bonds. The molecule has 8 nitrogen and oxygen atoms in total. The fourth-order valence-electron chi connectivity index (χ4n) is 2.53. The summed E-state index contributed by atoms with van der Waals surface area (Å²) >= 11 is 2.16. The van der Waals surface area contributed by atoms with Crippen molar-refractivity contribution >= 4 is 46.3 Å². The number of anilines is 1. The molecule has 0 heterocycles. The number of nitrogens with one attached hydrogen (secondary N) is 2. The molecule has 0 saturated carbocycles. The summed E-state index contributed by atoms with van der Waals surface area (Å²) in [4.78, 5) is 24.0. The van der Waals surface area contributed by atoms with Crippen LogP contribution in [0.1, 0.15) is 32.3 Å². The molecule has 2 aromatic carbocycles. The van der Waals surface area contributed by atoms with Crippen molar-refractivity contribution in [2.24, 2.45) is 5.10 Å². The molecule has 166 valence electrons. The molecule has 0 aliphatic heterocycles. The van der Waals surface area contributed by atoms with Gasteiger partial charge in [-0.2, -0.15) is 5.10 Å². The molecule has 31 heavy (non-hydrogen) atoms. The number of amides is 2. The zero-order chi connectivity index (χ0) is 22.6. The average molecular weight is 539 g/mol. The van der Waals surface area contributed by atoms with Crippen molar-refractivity contribution in [3.63, 3.8) is 0 Å². The molecule has 0 aliphatic rings. The first kappa shape index (κ1) is 24.4. The van der Waals surface area contributed by atoms with Gasteiger partial charge >= 0.3 is 0 Å². The van der Waals surface area contributed by atoms with Crippen LogP contribution in [0.3, 0.4) is 0 Å². The Morgan fingerprint density at radius 1 is 1.10 bits per heavy atom. The second-order valence-electron chi connectivity index (χ2n) is 6.36. The van der Waals surface area contributed by atoms with Crippen molar-refractivity contribution in [2.75, 3.05) is 25.6 Å². The molecule has 0 fully saturated rings. The number of nitrogens with zero attached hydrogens (tertiary/aromatic N) is 1. The van der Waals surface area contributed by atoms with Crippen LogP contribution >= 0.6 is 22.6 Å². The molecule has 0 aromatic heterocycles. The number of hydrogen-bond donors (Lipinski definition) is 2. The van der Waals surface area contributed by atoms with Gasteiger partial charge < -0.3 is 19.5 Å². The Morgan fingerprint density at radius 2 is 1.84 bits per heavy atom. The predicted molar refractivity (Wildman–Crippen MR) is 128 cm³/mol. The number of benzene rings is 2. The van der Waals surface area contributed by atoms with E-state index in [0.29, 0.717) is 36.1 Å². The van der Waals surface area contributed by atoms with Crippen molar-refractivity contribution in [2.45, 2.75) is 26.7 Å². The molecule has 0 saturated heterocycles. The number of hydrazone groups is 1. The van der Waals surface area contributed by atoms with Crippen molar-refractivity contribution in [3.05, 3.63) is 45.5 Å². The molecule has 2 N–H and O–H groups in total. The third kappa shape index (κ3) is 8.08. The largest absolute Gasteiger partial charge is 0.494 e. The Bertz CT molecular complexity index is 916. The Balaban J connectivity index is 1.88. The van der Waals surface area contributed by atoms with E-state index < -0.39 is 11.8 Å². The Morgan fingerprint density at radius 3 is 2.48 bits per heavy atom. The maximum Gasteiger partial charge on any atom is 0.249 e. The van der Waals surface area contributed by atoms with E-state index in [-0.39, 0.29) is 6.42 Å². The number of hydrogen-bond acceptors (Lipinski definition) is 6. The second kappa shape index (κ2) is 12.8. The van der Waals surface area contributed by atoms with Gasteiger partial charge in [0.2, 0.25) is 11.8 Å². The van der Waals surface area contributed by atoms with E-state index in [1.807, 2.05) is 19.9 Å². The minimum absolute atomic E-state index is 0.352. The fraction of sp³-hybridized carbons (Fsp3) is 0.318. The van der Waals surface area contributed by atoms with Crippen molar-refractivity contribution in [1.82, 2.24) is 5.43 Å². The van der Waals surface area contributed by atoms with Crippen LogP contribution in [0, 0.1) is 3.57 Å². The summed E-state index contributed by atoms with van der Waals surface area (Å²) in [5.41, 5.74) is 3.66. The molecule has 0 aliphatic carbocycles. The molecule has 0 spiro atoms. The van der Waals surface area contributed by atoms with Crippen LogP contribution < -0.4 is 25.0 Å². The molecule has 2 rings (SSSR count). The minimum Gasteiger partial charge on any atom is -0.494 e. The molecule has 0 radical (unpaired) electrons. The molecule has 0 unspecified atom stereocenters. The van der Waals surface area contributed by atoms with Crippen molar-refractivity contribution in [3.8, 4) is 17.2 Å². The van der Waals surface area contributed by atoms with E-state index in [4.69, 9.17) is 14.2 Å². The van der Waals surface area contributed by atoms with Gasteiger partial charge in [0.05, 0.1) is 30.1 Å². The van der Waals surface area contributed by atoms with Crippen LogP contribution in [0.2, 0.25) is 0 Å². The molecule has 0 atom stereocenters. The van der Waals surface area contributed by atoms with Crippen LogP contribution in [0.4, 0.5) is 5.69 Å². The maximum absolute atomic E-state index is 12.0. The number of methoxy groups -OCH3 is 1. The Hall–Kier alpha value is -2.82. The summed E-state index contributed by atoms with van der Waals surface area (Å²) in [6.45, 7) is 5.08. The summed E-state index contributed by atoms with van der Waals surface area (Å²) in [5, 5.41) is 6.58. The van der Waals surface area contributed by atoms with Crippen molar-refractivity contribution < 1.29 is 23.8 Å². The van der Waals surface area contributed by atoms with E-state index in [2.05, 4.69) is 38.4 Å². The first-order chi connectivity index (χ1) is 15.0. The first-order valence-corrected chi connectivity index (χ1v) is 10.9. The summed E-state index contributed by atoms with van der Waals surface area (Å²) < 4.78 is 17.3. The van der Waals surface area contributed by atoms with Gasteiger partial charge in [0, 0.05) is 5.69 Å². The van der Waals surface area contributed by atoms with Crippen LogP contribution in [0.15, 0.2) is 41.5 Å². The standard InChI is InChI=1S/C22H26IN3O5/c1-4-10-31-22-18(23)11-15(12-19(22)29-3)14-24-26-21(28)13-20(27)25-16-6-8-17(9-7-16)30-5-2/h6-9,11-12,14H,4-5,10,13H2,1-3H3,(H,25,27)(H,26,28). The smallest absolute Gasteiger partial charge is 0.249 e. The highest BCUT2D eigenvalue weighted by molar-refractivity contribution is 14.1. The topological polar surface area (TPSA) is 98.2 Å². The molecule has 2 aromatic rings. The van der Waals surface area contributed by atoms with Gasteiger partial charge in [-0.15, -0.1) is 0 Å². The Labute approximate surface area is 195 Å². The predicted octanol–water partition coefficient (Wildman–Crippen LogP) is 3.97. The number of halogens is 1. The summed E-state index contributed by atoms with van der Waals surface area (Å²) in [5.74, 6) is 1.01. The van der Waals surface area contributed by atoms with E-state index >= 15 is 0 Å².